The van der Waals surface area contributed by atoms with E-state index < -0.39 is 0 Å². The van der Waals surface area contributed by atoms with Crippen LogP contribution in [-0.2, 0) is 16.1 Å². The number of carbonyl (C=O) groups is 1. The lowest BCUT2D eigenvalue weighted by Gasteiger charge is -2.13. The van der Waals surface area contributed by atoms with Crippen molar-refractivity contribution in [2.75, 3.05) is 6.54 Å². The largest absolute Gasteiger partial charge is 0.364 e. The minimum absolute atomic E-state index is 0. The van der Waals surface area contributed by atoms with Crippen LogP contribution < -0.4 is 11.1 Å². The zero-order valence-electron chi connectivity index (χ0n) is 10.5. The third kappa shape index (κ3) is 4.45. The third-order valence-corrected chi connectivity index (χ3v) is 3.85. The molecule has 19 heavy (non-hydrogen) atoms. The van der Waals surface area contributed by atoms with Crippen LogP contribution in [0.5, 0.6) is 0 Å². The number of halogens is 2. The van der Waals surface area contributed by atoms with Crippen LogP contribution in [-0.4, -0.2) is 24.7 Å². The fraction of sp³-hybridized carbons (Fsp3) is 0.462. The average molecular weight is 350 g/mol. The molecule has 1 aliphatic heterocycles. The van der Waals surface area contributed by atoms with Gasteiger partial charge in [-0.1, -0.05) is 34.1 Å². The molecule has 1 aromatic carbocycles. The highest BCUT2D eigenvalue weighted by molar-refractivity contribution is 9.10. The van der Waals surface area contributed by atoms with Crippen LogP contribution in [0.25, 0.3) is 0 Å². The van der Waals surface area contributed by atoms with Gasteiger partial charge in [0.25, 0.3) is 0 Å². The average Bonchev–Trinajstić information content (AvgIpc) is 2.86. The molecule has 4 nitrogen and oxygen atoms in total. The predicted molar refractivity (Wildman–Crippen MR) is 80.2 cm³/mol. The van der Waals surface area contributed by atoms with E-state index in [4.69, 9.17) is 10.5 Å². The van der Waals surface area contributed by atoms with E-state index >= 15 is 0 Å². The monoisotopic (exact) mass is 348 g/mol. The molecule has 0 aromatic heterocycles. The first kappa shape index (κ1) is 16.4. The smallest absolute Gasteiger partial charge is 0.249 e. The number of benzene rings is 1. The van der Waals surface area contributed by atoms with Crippen LogP contribution in [0, 0.1) is 0 Å². The zero-order chi connectivity index (χ0) is 13.0. The summed E-state index contributed by atoms with van der Waals surface area (Å²) in [5.41, 5.74) is 6.57. The molecule has 0 unspecified atom stereocenters. The van der Waals surface area contributed by atoms with Gasteiger partial charge in [0.05, 0.1) is 6.10 Å². The highest BCUT2D eigenvalue weighted by atomic mass is 79.9. The Kier molecular flexibility index (Phi) is 6.79. The van der Waals surface area contributed by atoms with E-state index in [1.165, 1.54) is 0 Å². The van der Waals surface area contributed by atoms with E-state index in [1.807, 2.05) is 24.3 Å². The van der Waals surface area contributed by atoms with E-state index in [1.54, 1.807) is 0 Å². The number of hydrogen-bond donors (Lipinski definition) is 2. The molecule has 0 aliphatic carbocycles. The first-order chi connectivity index (χ1) is 8.70. The second-order valence-electron chi connectivity index (χ2n) is 4.37. The molecule has 6 heteroatoms. The fourth-order valence-corrected chi connectivity index (χ4v) is 2.43. The van der Waals surface area contributed by atoms with Gasteiger partial charge in [-0.25, -0.2) is 0 Å². The summed E-state index contributed by atoms with van der Waals surface area (Å²) in [7, 11) is 0. The maximum Gasteiger partial charge on any atom is 0.249 e. The van der Waals surface area contributed by atoms with Gasteiger partial charge in [0.2, 0.25) is 5.91 Å². The normalized spacial score (nSPS) is 21.8. The molecule has 1 heterocycles. The van der Waals surface area contributed by atoms with Gasteiger partial charge >= 0.3 is 0 Å². The predicted octanol–water partition coefficient (Wildman–Crippen LogP) is 1.99. The zero-order valence-corrected chi connectivity index (χ0v) is 12.9. The Labute approximate surface area is 127 Å². The fourth-order valence-electron chi connectivity index (χ4n) is 2.01. The van der Waals surface area contributed by atoms with Crippen molar-refractivity contribution in [3.63, 3.8) is 0 Å². The molecule has 2 atom stereocenters. The topological polar surface area (TPSA) is 64.4 Å². The number of hydrogen-bond acceptors (Lipinski definition) is 3. The van der Waals surface area contributed by atoms with Gasteiger partial charge in [-0.3, -0.25) is 4.79 Å². The summed E-state index contributed by atoms with van der Waals surface area (Å²) in [5.74, 6) is -0.0540. The van der Waals surface area contributed by atoms with Gasteiger partial charge in [-0.05, 0) is 24.5 Å². The van der Waals surface area contributed by atoms with Gasteiger partial charge in [-0.15, -0.1) is 12.4 Å². The molecule has 0 saturated carbocycles. The lowest BCUT2D eigenvalue weighted by atomic mass is 10.2. The molecule has 1 aliphatic rings. The molecular weight excluding hydrogens is 332 g/mol. The van der Waals surface area contributed by atoms with Crippen LogP contribution in [0.15, 0.2) is 28.7 Å². The van der Waals surface area contributed by atoms with E-state index in [2.05, 4.69) is 21.2 Å². The molecule has 0 radical (unpaired) electrons. The minimum Gasteiger partial charge on any atom is -0.364 e. The first-order valence-corrected chi connectivity index (χ1v) is 6.86. The highest BCUT2D eigenvalue weighted by Gasteiger charge is 2.29. The van der Waals surface area contributed by atoms with Crippen molar-refractivity contribution >= 4 is 34.2 Å². The minimum atomic E-state index is -0.346. The quantitative estimate of drug-likeness (QED) is 0.874. The van der Waals surface area contributed by atoms with Crippen LogP contribution >= 0.6 is 28.3 Å². The Hall–Kier alpha value is -0.620. The molecule has 1 amide bonds. The molecule has 2 rings (SSSR count). The second kappa shape index (κ2) is 7.85. The Morgan fingerprint density at radius 3 is 2.79 bits per heavy atom. The van der Waals surface area contributed by atoms with Crippen LogP contribution in [0.2, 0.25) is 0 Å². The number of rotatable bonds is 4. The van der Waals surface area contributed by atoms with Crippen molar-refractivity contribution in [1.29, 1.82) is 0 Å². The Morgan fingerprint density at radius 2 is 2.16 bits per heavy atom. The lowest BCUT2D eigenvalue weighted by Crippen LogP contribution is -2.35. The molecule has 1 saturated heterocycles. The summed E-state index contributed by atoms with van der Waals surface area (Å²) in [6.45, 7) is 0.988. The Balaban J connectivity index is 0.00000180. The van der Waals surface area contributed by atoms with E-state index in [0.29, 0.717) is 13.1 Å². The van der Waals surface area contributed by atoms with Crippen molar-refractivity contribution in [3.8, 4) is 0 Å². The number of nitrogens with two attached hydrogens (primary N) is 1. The van der Waals surface area contributed by atoms with Gasteiger partial charge in [-0.2, -0.15) is 0 Å². The molecule has 106 valence electrons. The van der Waals surface area contributed by atoms with Crippen molar-refractivity contribution in [3.05, 3.63) is 34.3 Å². The SMILES string of the molecule is Cl.NC[C@H]1CC[C@@H](C(=O)NCc2ccccc2Br)O1. The van der Waals surface area contributed by atoms with E-state index in [-0.39, 0.29) is 30.5 Å². The standard InChI is InChI=1S/C13H17BrN2O2.ClH/c14-11-4-2-1-3-9(11)8-16-13(17)12-6-5-10(7-15)18-12;/h1-4,10,12H,5-8,15H2,(H,16,17);1H/t10-,12+;/m1./s1. The molecule has 0 spiro atoms. The highest BCUT2D eigenvalue weighted by Crippen LogP contribution is 2.19. The number of ether oxygens (including phenoxy) is 1. The summed E-state index contributed by atoms with van der Waals surface area (Å²) >= 11 is 3.45. The lowest BCUT2D eigenvalue weighted by molar-refractivity contribution is -0.132. The summed E-state index contributed by atoms with van der Waals surface area (Å²) in [5, 5.41) is 2.89. The summed E-state index contributed by atoms with van der Waals surface area (Å²) < 4.78 is 6.54. The Morgan fingerprint density at radius 1 is 1.42 bits per heavy atom. The molecule has 1 fully saturated rings. The third-order valence-electron chi connectivity index (χ3n) is 3.07. The summed E-state index contributed by atoms with van der Waals surface area (Å²) in [4.78, 5) is 11.9. The van der Waals surface area contributed by atoms with Gasteiger partial charge in [0.15, 0.2) is 0 Å². The molecule has 3 N–H and O–H groups in total. The van der Waals surface area contributed by atoms with Crippen LogP contribution in [0.1, 0.15) is 18.4 Å². The number of nitrogens with one attached hydrogen (secondary N) is 1. The maximum atomic E-state index is 11.9. The van der Waals surface area contributed by atoms with Crippen LogP contribution in [0.4, 0.5) is 0 Å². The summed E-state index contributed by atoms with van der Waals surface area (Å²) in [6.07, 6.45) is 1.30. The van der Waals surface area contributed by atoms with Gasteiger partial charge in [0.1, 0.15) is 6.10 Å². The molecular formula is C13H18BrClN2O2. The molecule has 0 bridgehead atoms. The number of carbonyl (C=O) groups excluding carboxylic acids is 1. The first-order valence-electron chi connectivity index (χ1n) is 6.07. The van der Waals surface area contributed by atoms with Gasteiger partial charge in [0, 0.05) is 17.6 Å². The van der Waals surface area contributed by atoms with Crippen molar-refractivity contribution in [1.82, 2.24) is 5.32 Å². The summed E-state index contributed by atoms with van der Waals surface area (Å²) in [6, 6.07) is 7.82. The maximum absolute atomic E-state index is 11.9. The van der Waals surface area contributed by atoms with Crippen molar-refractivity contribution < 1.29 is 9.53 Å². The van der Waals surface area contributed by atoms with E-state index in [0.717, 1.165) is 22.9 Å². The second-order valence-corrected chi connectivity index (χ2v) is 5.22. The van der Waals surface area contributed by atoms with Gasteiger partial charge < -0.3 is 15.8 Å². The van der Waals surface area contributed by atoms with Crippen molar-refractivity contribution in [2.45, 2.75) is 31.6 Å². The Bertz CT molecular complexity index is 431. The van der Waals surface area contributed by atoms with Crippen LogP contribution in [0.3, 0.4) is 0 Å². The number of amides is 1. The van der Waals surface area contributed by atoms with Crippen molar-refractivity contribution in [2.24, 2.45) is 5.73 Å². The molecule has 1 aromatic rings. The van der Waals surface area contributed by atoms with E-state index in [9.17, 15) is 4.79 Å².